The molecule has 2 aliphatic heterocycles. The fourth-order valence-electron chi connectivity index (χ4n) is 3.73. The van der Waals surface area contributed by atoms with Crippen molar-refractivity contribution in [3.8, 4) is 0 Å². The van der Waals surface area contributed by atoms with Crippen molar-refractivity contribution in [3.63, 3.8) is 0 Å². The largest absolute Gasteiger partial charge is 0.477 e. The number of carboxylic acid groups (broad SMARTS) is 1. The van der Waals surface area contributed by atoms with Crippen LogP contribution in [-0.2, 0) is 26.3 Å². The zero-order chi connectivity index (χ0) is 26.0. The number of β-lactam (4-membered cyclic amide) rings is 1. The third kappa shape index (κ3) is 4.88. The maximum Gasteiger partial charge on any atom is 0.352 e. The molecule has 0 spiro atoms. The van der Waals surface area contributed by atoms with Gasteiger partial charge in [-0.3, -0.25) is 14.5 Å². The van der Waals surface area contributed by atoms with E-state index >= 15 is 0 Å². The van der Waals surface area contributed by atoms with E-state index in [1.807, 2.05) is 31.1 Å². The molecular weight excluding hydrogens is 508 g/mol. The summed E-state index contributed by atoms with van der Waals surface area (Å²) in [5.74, 6) is -1.60. The summed E-state index contributed by atoms with van der Waals surface area (Å²) in [5.41, 5.74) is 1.98. The van der Waals surface area contributed by atoms with Gasteiger partial charge >= 0.3 is 5.97 Å². The monoisotopic (exact) mass is 532 g/mol. The van der Waals surface area contributed by atoms with Gasteiger partial charge in [0.25, 0.3) is 11.8 Å². The SMILES string of the molecule is CON=C(C(=O)NC1C(=O)N2C(C(=O)O)=C(CSc3nnnn3C)CS[C@H]12)c1ccc(N(C)C)cc1. The number of carbonyl (C=O) groups excluding carboxylic acids is 2. The normalized spacial score (nSPS) is 19.5. The molecule has 2 aliphatic rings. The molecule has 1 unspecified atom stereocenters. The molecule has 13 nitrogen and oxygen atoms in total. The van der Waals surface area contributed by atoms with Crippen molar-refractivity contribution in [2.45, 2.75) is 16.6 Å². The van der Waals surface area contributed by atoms with Gasteiger partial charge in [-0.15, -0.1) is 16.9 Å². The molecule has 0 bridgehead atoms. The van der Waals surface area contributed by atoms with E-state index in [0.29, 0.717) is 27.8 Å². The smallest absolute Gasteiger partial charge is 0.352 e. The first-order chi connectivity index (χ1) is 17.2. The molecule has 2 aromatic rings. The number of anilines is 1. The molecule has 1 fully saturated rings. The molecule has 36 heavy (non-hydrogen) atoms. The summed E-state index contributed by atoms with van der Waals surface area (Å²) in [4.78, 5) is 46.1. The Morgan fingerprint density at radius 2 is 2.06 bits per heavy atom. The van der Waals surface area contributed by atoms with Crippen molar-refractivity contribution in [2.24, 2.45) is 12.2 Å². The molecule has 190 valence electrons. The first-order valence-corrected chi connectivity index (χ1v) is 12.7. The maximum absolute atomic E-state index is 13.1. The van der Waals surface area contributed by atoms with Crippen LogP contribution in [0.3, 0.4) is 0 Å². The number of tetrazole rings is 1. The molecular formula is C21H24N8O5S2. The molecule has 1 aromatic heterocycles. The van der Waals surface area contributed by atoms with Crippen molar-refractivity contribution >= 4 is 52.7 Å². The van der Waals surface area contributed by atoms with Gasteiger partial charge in [-0.1, -0.05) is 29.1 Å². The maximum atomic E-state index is 13.1. The molecule has 3 heterocycles. The van der Waals surface area contributed by atoms with Crippen LogP contribution in [0.1, 0.15) is 5.56 Å². The zero-order valence-electron chi connectivity index (χ0n) is 19.9. The minimum Gasteiger partial charge on any atom is -0.477 e. The first-order valence-electron chi connectivity index (χ1n) is 10.7. The Hall–Kier alpha value is -3.59. The quantitative estimate of drug-likeness (QED) is 0.196. The second-order valence-corrected chi connectivity index (χ2v) is 10.1. The molecule has 0 aliphatic carbocycles. The van der Waals surface area contributed by atoms with E-state index in [9.17, 15) is 19.5 Å². The predicted molar refractivity (Wildman–Crippen MR) is 134 cm³/mol. The number of nitrogens with one attached hydrogen (secondary N) is 1. The lowest BCUT2D eigenvalue weighted by atomic mass is 10.0. The second kappa shape index (κ2) is 10.6. The topological polar surface area (TPSA) is 155 Å². The number of carboxylic acids is 1. The van der Waals surface area contributed by atoms with E-state index in [4.69, 9.17) is 4.84 Å². The molecule has 2 amide bonds. The van der Waals surface area contributed by atoms with Crippen LogP contribution in [0.4, 0.5) is 5.69 Å². The summed E-state index contributed by atoms with van der Waals surface area (Å²) < 4.78 is 1.48. The van der Waals surface area contributed by atoms with Crippen molar-refractivity contribution in [3.05, 3.63) is 41.1 Å². The number of aromatic nitrogens is 4. The van der Waals surface area contributed by atoms with Gasteiger partial charge in [-0.25, -0.2) is 9.48 Å². The number of aryl methyl sites for hydroxylation is 1. The lowest BCUT2D eigenvalue weighted by molar-refractivity contribution is -0.150. The summed E-state index contributed by atoms with van der Waals surface area (Å²) in [7, 11) is 6.82. The van der Waals surface area contributed by atoms with Crippen molar-refractivity contribution < 1.29 is 24.3 Å². The molecule has 2 atom stereocenters. The highest BCUT2D eigenvalue weighted by atomic mass is 32.2. The Morgan fingerprint density at radius 1 is 1.33 bits per heavy atom. The second-order valence-electron chi connectivity index (χ2n) is 8.06. The molecule has 1 saturated heterocycles. The summed E-state index contributed by atoms with van der Waals surface area (Å²) in [6.45, 7) is 0. The number of hydrogen-bond acceptors (Lipinski definition) is 11. The first kappa shape index (κ1) is 25.5. The van der Waals surface area contributed by atoms with Gasteiger partial charge in [0, 0.05) is 43.9 Å². The van der Waals surface area contributed by atoms with E-state index in [0.717, 1.165) is 5.69 Å². The number of amides is 2. The number of aliphatic carboxylic acids is 1. The fraction of sp³-hybridized carbons (Fsp3) is 0.381. The summed E-state index contributed by atoms with van der Waals surface area (Å²) >= 11 is 2.67. The Balaban J connectivity index is 1.49. The summed E-state index contributed by atoms with van der Waals surface area (Å²) in [5, 5.41) is 27.6. The van der Waals surface area contributed by atoms with Gasteiger partial charge in [0.15, 0.2) is 5.71 Å². The predicted octanol–water partition coefficient (Wildman–Crippen LogP) is 0.158. The number of benzene rings is 1. The van der Waals surface area contributed by atoms with Gasteiger partial charge in [0.05, 0.1) is 0 Å². The van der Waals surface area contributed by atoms with Gasteiger partial charge in [-0.05, 0) is 28.1 Å². The van der Waals surface area contributed by atoms with E-state index in [1.165, 1.54) is 40.2 Å². The minimum absolute atomic E-state index is 0.0123. The summed E-state index contributed by atoms with van der Waals surface area (Å²) in [6, 6.07) is 6.25. The van der Waals surface area contributed by atoms with Crippen LogP contribution in [-0.4, -0.2) is 97.8 Å². The molecule has 0 radical (unpaired) electrons. The van der Waals surface area contributed by atoms with Crippen molar-refractivity contribution in [1.29, 1.82) is 0 Å². The number of fused-ring (bicyclic) bond motifs is 1. The Bertz CT molecular complexity index is 1240. The lowest BCUT2D eigenvalue weighted by Crippen LogP contribution is -2.71. The van der Waals surface area contributed by atoms with E-state index in [2.05, 4.69) is 26.0 Å². The van der Waals surface area contributed by atoms with Crippen LogP contribution < -0.4 is 10.2 Å². The van der Waals surface area contributed by atoms with Crippen molar-refractivity contribution in [1.82, 2.24) is 30.4 Å². The standard InChI is InChI=1S/C21H24N8O5S2/c1-27(2)13-7-5-11(6-8-13)14(24-34-4)17(30)22-15-18(31)29-16(20(32)33)12(9-35-19(15)29)10-36-21-23-25-26-28(21)3/h5-8,15,19H,9-10H2,1-4H3,(H,22,30)(H,32,33)/t15?,19-/m1/s1. The van der Waals surface area contributed by atoms with E-state index in [1.54, 1.807) is 19.2 Å². The van der Waals surface area contributed by atoms with Crippen LogP contribution in [0.2, 0.25) is 0 Å². The summed E-state index contributed by atoms with van der Waals surface area (Å²) in [6.07, 6.45) is 0. The third-order valence-electron chi connectivity index (χ3n) is 5.55. The molecule has 2 N–H and O–H groups in total. The van der Waals surface area contributed by atoms with Gasteiger partial charge in [0.2, 0.25) is 5.16 Å². The van der Waals surface area contributed by atoms with E-state index in [-0.39, 0.29) is 11.4 Å². The third-order valence-corrected chi connectivity index (χ3v) is 7.98. The van der Waals surface area contributed by atoms with E-state index < -0.39 is 29.2 Å². The van der Waals surface area contributed by atoms with Gasteiger partial charge in [-0.2, -0.15) is 0 Å². The number of nitrogens with zero attached hydrogens (tertiary/aromatic N) is 7. The number of thioether (sulfide) groups is 2. The van der Waals surface area contributed by atoms with Crippen LogP contribution >= 0.6 is 23.5 Å². The zero-order valence-corrected chi connectivity index (χ0v) is 21.5. The molecule has 0 saturated carbocycles. The highest BCUT2D eigenvalue weighted by molar-refractivity contribution is 8.01. The number of oxime groups is 1. The Labute approximate surface area is 214 Å². The fourth-order valence-corrected chi connectivity index (χ4v) is 6.07. The molecule has 1 aromatic carbocycles. The number of hydrogen-bond donors (Lipinski definition) is 2. The van der Waals surface area contributed by atoms with Gasteiger partial charge in [0.1, 0.15) is 24.2 Å². The van der Waals surface area contributed by atoms with Crippen LogP contribution in [0.5, 0.6) is 0 Å². The van der Waals surface area contributed by atoms with Crippen LogP contribution in [0, 0.1) is 0 Å². The van der Waals surface area contributed by atoms with Crippen molar-refractivity contribution in [2.75, 3.05) is 37.6 Å². The number of rotatable bonds is 9. The Morgan fingerprint density at radius 3 is 2.64 bits per heavy atom. The highest BCUT2D eigenvalue weighted by Gasteiger charge is 2.54. The number of carbonyl (C=O) groups is 3. The average molecular weight is 533 g/mol. The highest BCUT2D eigenvalue weighted by Crippen LogP contribution is 2.41. The molecule has 15 heteroatoms. The Kier molecular flexibility index (Phi) is 7.49. The average Bonchev–Trinajstić information content (AvgIpc) is 3.28. The molecule has 4 rings (SSSR count). The van der Waals surface area contributed by atoms with Gasteiger partial charge < -0.3 is 20.2 Å². The lowest BCUT2D eigenvalue weighted by Gasteiger charge is -2.49. The minimum atomic E-state index is -1.20. The van der Waals surface area contributed by atoms with Crippen LogP contribution in [0.15, 0.2) is 45.8 Å². The van der Waals surface area contributed by atoms with Crippen LogP contribution in [0.25, 0.3) is 0 Å².